The van der Waals surface area contributed by atoms with Gasteiger partial charge in [-0.15, -0.1) is 5.10 Å². The van der Waals surface area contributed by atoms with Crippen LogP contribution in [-0.4, -0.2) is 39.4 Å². The Morgan fingerprint density at radius 1 is 1.36 bits per heavy atom. The summed E-state index contributed by atoms with van der Waals surface area (Å²) in [7, 11) is 1.44. The molecule has 0 aliphatic carbocycles. The van der Waals surface area contributed by atoms with E-state index in [1.807, 2.05) is 24.3 Å². The zero-order valence-electron chi connectivity index (χ0n) is 11.9. The molecule has 0 bridgehead atoms. The highest BCUT2D eigenvalue weighted by Gasteiger charge is 2.19. The molecule has 0 saturated heterocycles. The molecule has 0 unspecified atom stereocenters. The molecule has 0 fully saturated rings. The molecule has 116 valence electrons. The molecule has 3 N–H and O–H groups in total. The fourth-order valence-electron chi connectivity index (χ4n) is 1.56. The molecule has 1 atom stereocenters. The number of thioether (sulfide) groups is 1. The summed E-state index contributed by atoms with van der Waals surface area (Å²) in [6, 6.07) is 7.08. The van der Waals surface area contributed by atoms with E-state index < -0.39 is 17.2 Å². The average molecular weight is 384 g/mol. The lowest BCUT2D eigenvalue weighted by atomic mass is 10.2. The summed E-state index contributed by atoms with van der Waals surface area (Å²) in [5.74, 6) is 0.200. The lowest BCUT2D eigenvalue weighted by Crippen LogP contribution is -2.41. The van der Waals surface area contributed by atoms with Crippen LogP contribution in [0.5, 0.6) is 0 Å². The van der Waals surface area contributed by atoms with E-state index in [1.54, 1.807) is 6.92 Å². The zero-order valence-corrected chi connectivity index (χ0v) is 14.3. The van der Waals surface area contributed by atoms with Crippen LogP contribution in [0.2, 0.25) is 0 Å². The van der Waals surface area contributed by atoms with Crippen LogP contribution in [0.15, 0.2) is 33.9 Å². The van der Waals surface area contributed by atoms with Gasteiger partial charge in [-0.05, 0) is 13.0 Å². The second-order valence-corrected chi connectivity index (χ2v) is 6.44. The van der Waals surface area contributed by atoms with Crippen molar-refractivity contribution in [2.24, 2.45) is 0 Å². The number of urea groups is 1. The number of aromatic amines is 1. The standard InChI is InChI=1S/C13H14BrN5O2S/c1-7(11(20)17-12(21)15-2)22-13-16-10(18-19-13)8-5-3-4-6-9(8)14/h3-7H,1-2H3,(H,16,18,19)(H2,15,17,20,21)/t7-/m1/s1. The molecule has 7 nitrogen and oxygen atoms in total. The molecule has 0 radical (unpaired) electrons. The minimum atomic E-state index is -0.540. The van der Waals surface area contributed by atoms with Gasteiger partial charge in [0.2, 0.25) is 11.1 Å². The van der Waals surface area contributed by atoms with Crippen molar-refractivity contribution < 1.29 is 9.59 Å². The summed E-state index contributed by atoms with van der Waals surface area (Å²) >= 11 is 4.61. The highest BCUT2D eigenvalue weighted by molar-refractivity contribution is 9.10. The Hall–Kier alpha value is -1.87. The molecule has 0 aliphatic rings. The lowest BCUT2D eigenvalue weighted by molar-refractivity contribution is -0.119. The first kappa shape index (κ1) is 16.5. The van der Waals surface area contributed by atoms with Gasteiger partial charge in [0.1, 0.15) is 0 Å². The van der Waals surface area contributed by atoms with Crippen LogP contribution in [0.4, 0.5) is 4.79 Å². The van der Waals surface area contributed by atoms with Crippen molar-refractivity contribution in [3.63, 3.8) is 0 Å². The van der Waals surface area contributed by atoms with E-state index in [0.29, 0.717) is 11.0 Å². The third-order valence-electron chi connectivity index (χ3n) is 2.71. The third kappa shape index (κ3) is 4.08. The molecular formula is C13H14BrN5O2S. The van der Waals surface area contributed by atoms with Crippen molar-refractivity contribution >= 4 is 39.6 Å². The maximum absolute atomic E-state index is 11.8. The van der Waals surface area contributed by atoms with Crippen LogP contribution in [0.25, 0.3) is 11.4 Å². The quantitative estimate of drug-likeness (QED) is 0.702. The Morgan fingerprint density at radius 2 is 2.09 bits per heavy atom. The highest BCUT2D eigenvalue weighted by atomic mass is 79.9. The average Bonchev–Trinajstić information content (AvgIpc) is 2.95. The number of carbonyl (C=O) groups excluding carboxylic acids is 2. The molecule has 9 heteroatoms. The normalized spacial score (nSPS) is 11.8. The molecule has 0 spiro atoms. The number of H-pyrrole nitrogens is 1. The third-order valence-corrected chi connectivity index (χ3v) is 4.36. The maximum atomic E-state index is 11.8. The number of carbonyl (C=O) groups is 2. The number of nitrogens with zero attached hydrogens (tertiary/aromatic N) is 2. The van der Waals surface area contributed by atoms with Crippen LogP contribution in [0.3, 0.4) is 0 Å². The van der Waals surface area contributed by atoms with Crippen LogP contribution < -0.4 is 10.6 Å². The van der Waals surface area contributed by atoms with Crippen molar-refractivity contribution in [1.82, 2.24) is 25.8 Å². The maximum Gasteiger partial charge on any atom is 0.321 e. The number of imide groups is 1. The van der Waals surface area contributed by atoms with Gasteiger partial charge in [0.15, 0.2) is 5.82 Å². The summed E-state index contributed by atoms with van der Waals surface area (Å²) in [5.41, 5.74) is 0.879. The summed E-state index contributed by atoms with van der Waals surface area (Å²) in [4.78, 5) is 27.2. The van der Waals surface area contributed by atoms with Crippen LogP contribution in [0, 0.1) is 0 Å². The Bertz CT molecular complexity index is 691. The minimum absolute atomic E-state index is 0.406. The summed E-state index contributed by atoms with van der Waals surface area (Å²) < 4.78 is 0.896. The molecule has 1 heterocycles. The first-order chi connectivity index (χ1) is 10.5. The van der Waals surface area contributed by atoms with E-state index >= 15 is 0 Å². The van der Waals surface area contributed by atoms with Crippen molar-refractivity contribution in [2.75, 3.05) is 7.05 Å². The van der Waals surface area contributed by atoms with Gasteiger partial charge in [-0.1, -0.05) is 45.9 Å². The summed E-state index contributed by atoms with van der Waals surface area (Å²) in [6.45, 7) is 1.68. The molecule has 2 rings (SSSR count). The molecule has 3 amide bonds. The van der Waals surface area contributed by atoms with Crippen LogP contribution in [-0.2, 0) is 4.79 Å². The molecule has 2 aromatic rings. The fourth-order valence-corrected chi connectivity index (χ4v) is 2.76. The van der Waals surface area contributed by atoms with Gasteiger partial charge in [0.05, 0.1) is 5.25 Å². The second-order valence-electron chi connectivity index (χ2n) is 4.27. The van der Waals surface area contributed by atoms with E-state index in [-0.39, 0.29) is 0 Å². The van der Waals surface area contributed by atoms with E-state index in [9.17, 15) is 9.59 Å². The van der Waals surface area contributed by atoms with Gasteiger partial charge in [-0.2, -0.15) is 0 Å². The van der Waals surface area contributed by atoms with Crippen molar-refractivity contribution in [3.05, 3.63) is 28.7 Å². The molecule has 0 saturated carbocycles. The SMILES string of the molecule is CNC(=O)NC(=O)[C@@H](C)Sc1n[nH]c(-c2ccccc2Br)n1. The van der Waals surface area contributed by atoms with E-state index in [0.717, 1.165) is 21.8 Å². The number of halogens is 1. The van der Waals surface area contributed by atoms with Gasteiger partial charge in [0, 0.05) is 17.1 Å². The number of rotatable bonds is 4. The van der Waals surface area contributed by atoms with Crippen molar-refractivity contribution in [3.8, 4) is 11.4 Å². The number of hydrogen-bond donors (Lipinski definition) is 3. The van der Waals surface area contributed by atoms with Gasteiger partial charge < -0.3 is 5.32 Å². The van der Waals surface area contributed by atoms with Gasteiger partial charge in [-0.25, -0.2) is 9.78 Å². The Morgan fingerprint density at radius 3 is 2.77 bits per heavy atom. The van der Waals surface area contributed by atoms with Crippen LogP contribution >= 0.6 is 27.7 Å². The van der Waals surface area contributed by atoms with Crippen LogP contribution in [0.1, 0.15) is 6.92 Å². The molecule has 0 aliphatic heterocycles. The first-order valence-corrected chi connectivity index (χ1v) is 8.05. The van der Waals surface area contributed by atoms with E-state index in [4.69, 9.17) is 0 Å². The molecule has 1 aromatic heterocycles. The van der Waals surface area contributed by atoms with E-state index in [2.05, 4.69) is 41.7 Å². The molecular weight excluding hydrogens is 370 g/mol. The largest absolute Gasteiger partial charge is 0.341 e. The minimum Gasteiger partial charge on any atom is -0.341 e. The Labute approximate surface area is 139 Å². The number of amides is 3. The number of benzene rings is 1. The summed E-state index contributed by atoms with van der Waals surface area (Å²) in [5, 5.41) is 11.4. The topological polar surface area (TPSA) is 99.8 Å². The number of hydrogen-bond acceptors (Lipinski definition) is 5. The lowest BCUT2D eigenvalue weighted by Gasteiger charge is -2.08. The monoisotopic (exact) mass is 383 g/mol. The fraction of sp³-hybridized carbons (Fsp3) is 0.231. The number of nitrogens with one attached hydrogen (secondary N) is 3. The zero-order chi connectivity index (χ0) is 16.1. The first-order valence-electron chi connectivity index (χ1n) is 6.37. The van der Waals surface area contributed by atoms with E-state index in [1.165, 1.54) is 7.05 Å². The van der Waals surface area contributed by atoms with Crippen molar-refractivity contribution in [2.45, 2.75) is 17.3 Å². The predicted molar refractivity (Wildman–Crippen MR) is 87.4 cm³/mol. The molecule has 1 aromatic carbocycles. The number of aromatic nitrogens is 3. The Kier molecular flexibility index (Phi) is 5.56. The van der Waals surface area contributed by atoms with Gasteiger partial charge in [0.25, 0.3) is 0 Å². The summed E-state index contributed by atoms with van der Waals surface area (Å²) in [6.07, 6.45) is 0. The van der Waals surface area contributed by atoms with Gasteiger partial charge >= 0.3 is 6.03 Å². The predicted octanol–water partition coefficient (Wildman–Crippen LogP) is 2.17. The highest BCUT2D eigenvalue weighted by Crippen LogP contribution is 2.27. The smallest absolute Gasteiger partial charge is 0.321 e. The molecule has 22 heavy (non-hydrogen) atoms. The Balaban J connectivity index is 2.05. The second kappa shape index (κ2) is 7.41. The van der Waals surface area contributed by atoms with Gasteiger partial charge in [-0.3, -0.25) is 15.2 Å². The van der Waals surface area contributed by atoms with Crippen molar-refractivity contribution in [1.29, 1.82) is 0 Å².